The van der Waals surface area contributed by atoms with Gasteiger partial charge >= 0.3 is 5.97 Å². The van der Waals surface area contributed by atoms with Gasteiger partial charge in [0.25, 0.3) is 5.91 Å². The van der Waals surface area contributed by atoms with Crippen LogP contribution in [0.4, 0.5) is 0 Å². The highest BCUT2D eigenvalue weighted by atomic mass is 35.5. The van der Waals surface area contributed by atoms with Gasteiger partial charge < -0.3 is 14.0 Å². The summed E-state index contributed by atoms with van der Waals surface area (Å²) in [5, 5.41) is 0. The predicted octanol–water partition coefficient (Wildman–Crippen LogP) is 3.34. The van der Waals surface area contributed by atoms with E-state index in [-0.39, 0.29) is 6.54 Å². The Hall–Kier alpha value is -2.16. The van der Waals surface area contributed by atoms with Gasteiger partial charge in [-0.1, -0.05) is 22.9 Å². The quantitative estimate of drug-likeness (QED) is 0.634. The molecule has 9 heteroatoms. The lowest BCUT2D eigenvalue weighted by molar-refractivity contribution is -0.141. The van der Waals surface area contributed by atoms with Crippen LogP contribution in [0.25, 0.3) is 10.2 Å². The number of thiophene rings is 1. The first kappa shape index (κ1) is 17.7. The third-order valence-electron chi connectivity index (χ3n) is 3.39. The average molecular weight is 397 g/mol. The molecule has 1 aromatic carbocycles. The SMILES string of the molecule is COC(=O)Cn1c(=NC(=O)c2ccc(Cl)s2)sc2cc(OC)ccc21. The fraction of sp³-hybridized carbons (Fsp3) is 0.188. The first-order valence-corrected chi connectivity index (χ1v) is 9.11. The minimum Gasteiger partial charge on any atom is -0.497 e. The Labute approximate surface area is 155 Å². The van der Waals surface area contributed by atoms with E-state index in [1.165, 1.54) is 18.4 Å². The topological polar surface area (TPSA) is 69.9 Å². The highest BCUT2D eigenvalue weighted by molar-refractivity contribution is 7.18. The Morgan fingerprint density at radius 1 is 1.20 bits per heavy atom. The maximum atomic E-state index is 12.4. The fourth-order valence-electron chi connectivity index (χ4n) is 2.18. The molecular weight excluding hydrogens is 384 g/mol. The first-order valence-electron chi connectivity index (χ1n) is 7.10. The van der Waals surface area contributed by atoms with E-state index >= 15 is 0 Å². The van der Waals surface area contributed by atoms with Crippen molar-refractivity contribution in [1.82, 2.24) is 4.57 Å². The summed E-state index contributed by atoms with van der Waals surface area (Å²) in [4.78, 5) is 29.1. The minimum absolute atomic E-state index is 0.0415. The summed E-state index contributed by atoms with van der Waals surface area (Å²) < 4.78 is 13.0. The van der Waals surface area contributed by atoms with E-state index in [2.05, 4.69) is 4.99 Å². The molecule has 0 aliphatic heterocycles. The Bertz CT molecular complexity index is 1020. The minimum atomic E-state index is -0.427. The van der Waals surface area contributed by atoms with Crippen molar-refractivity contribution >= 4 is 56.4 Å². The summed E-state index contributed by atoms with van der Waals surface area (Å²) in [7, 11) is 2.89. The third kappa shape index (κ3) is 3.76. The molecule has 0 bridgehead atoms. The molecule has 0 saturated carbocycles. The highest BCUT2D eigenvalue weighted by Crippen LogP contribution is 2.24. The lowest BCUT2D eigenvalue weighted by Gasteiger charge is -2.04. The van der Waals surface area contributed by atoms with Crippen molar-refractivity contribution in [3.05, 3.63) is 44.3 Å². The van der Waals surface area contributed by atoms with E-state index in [1.54, 1.807) is 29.9 Å². The van der Waals surface area contributed by atoms with E-state index in [0.717, 1.165) is 21.6 Å². The van der Waals surface area contributed by atoms with Crippen LogP contribution in [0.3, 0.4) is 0 Å². The maximum absolute atomic E-state index is 12.4. The lowest BCUT2D eigenvalue weighted by Crippen LogP contribution is -2.22. The van der Waals surface area contributed by atoms with Crippen molar-refractivity contribution in [2.24, 2.45) is 4.99 Å². The summed E-state index contributed by atoms with van der Waals surface area (Å²) in [5.74, 6) is -0.153. The smallest absolute Gasteiger partial charge is 0.325 e. The molecule has 0 atom stereocenters. The van der Waals surface area contributed by atoms with E-state index in [1.807, 2.05) is 12.1 Å². The second kappa shape index (κ2) is 7.38. The van der Waals surface area contributed by atoms with Crippen molar-refractivity contribution in [3.8, 4) is 5.75 Å². The monoisotopic (exact) mass is 396 g/mol. The van der Waals surface area contributed by atoms with Crippen LogP contribution in [-0.4, -0.2) is 30.7 Å². The molecule has 6 nitrogen and oxygen atoms in total. The van der Waals surface area contributed by atoms with E-state index in [4.69, 9.17) is 21.1 Å². The van der Waals surface area contributed by atoms with E-state index in [0.29, 0.717) is 19.8 Å². The van der Waals surface area contributed by atoms with Gasteiger partial charge in [-0.2, -0.15) is 4.99 Å². The summed E-state index contributed by atoms with van der Waals surface area (Å²) in [6.45, 7) is -0.0415. The van der Waals surface area contributed by atoms with Crippen LogP contribution in [0.15, 0.2) is 35.3 Å². The summed E-state index contributed by atoms with van der Waals surface area (Å²) in [5.41, 5.74) is 0.770. The predicted molar refractivity (Wildman–Crippen MR) is 97.6 cm³/mol. The molecule has 0 spiro atoms. The molecule has 0 unspecified atom stereocenters. The van der Waals surface area contributed by atoms with Crippen LogP contribution in [0.1, 0.15) is 9.67 Å². The molecule has 0 aliphatic rings. The molecule has 1 amide bonds. The number of thiazole rings is 1. The normalized spacial score (nSPS) is 11.7. The molecule has 3 rings (SSSR count). The fourth-order valence-corrected chi connectivity index (χ4v) is 4.17. The standard InChI is InChI=1S/C16H13ClN2O4S2/c1-22-9-3-4-10-12(7-9)25-16(19(10)8-14(20)23-2)18-15(21)11-5-6-13(17)24-11/h3-7H,8H2,1-2H3. The van der Waals surface area contributed by atoms with Crippen LogP contribution < -0.4 is 9.54 Å². The molecule has 0 radical (unpaired) electrons. The molecule has 0 saturated heterocycles. The number of carbonyl (C=O) groups is 2. The number of amides is 1. The number of aromatic nitrogens is 1. The van der Waals surface area contributed by atoms with Gasteiger partial charge in [-0.3, -0.25) is 9.59 Å². The van der Waals surface area contributed by atoms with Crippen LogP contribution >= 0.6 is 34.3 Å². The molecule has 0 fully saturated rings. The first-order chi connectivity index (χ1) is 12.0. The van der Waals surface area contributed by atoms with Gasteiger partial charge in [0.05, 0.1) is 33.6 Å². The lowest BCUT2D eigenvalue weighted by atomic mass is 10.3. The number of halogens is 1. The van der Waals surface area contributed by atoms with Gasteiger partial charge in [-0.25, -0.2) is 0 Å². The number of hydrogen-bond acceptors (Lipinski definition) is 6. The second-order valence-electron chi connectivity index (χ2n) is 4.90. The molecule has 25 heavy (non-hydrogen) atoms. The van der Waals surface area contributed by atoms with Crippen LogP contribution in [0.5, 0.6) is 5.75 Å². The zero-order valence-electron chi connectivity index (χ0n) is 13.3. The number of fused-ring (bicyclic) bond motifs is 1. The number of rotatable bonds is 4. The number of benzene rings is 1. The van der Waals surface area contributed by atoms with Crippen LogP contribution in [-0.2, 0) is 16.1 Å². The summed E-state index contributed by atoms with van der Waals surface area (Å²) >= 11 is 8.32. The van der Waals surface area contributed by atoms with Crippen molar-refractivity contribution in [1.29, 1.82) is 0 Å². The van der Waals surface area contributed by atoms with Gasteiger partial charge in [0.2, 0.25) is 0 Å². The van der Waals surface area contributed by atoms with E-state index < -0.39 is 11.9 Å². The largest absolute Gasteiger partial charge is 0.497 e. The summed E-state index contributed by atoms with van der Waals surface area (Å²) in [6.07, 6.45) is 0. The zero-order valence-corrected chi connectivity index (χ0v) is 15.7. The third-order valence-corrected chi connectivity index (χ3v) is 5.65. The molecule has 2 aromatic heterocycles. The molecule has 0 aliphatic carbocycles. The molecule has 0 N–H and O–H groups in total. The van der Waals surface area contributed by atoms with Gasteiger partial charge in [0.15, 0.2) is 4.80 Å². The van der Waals surface area contributed by atoms with Crippen molar-refractivity contribution in [2.45, 2.75) is 6.54 Å². The number of hydrogen-bond donors (Lipinski definition) is 0. The molecule has 2 heterocycles. The average Bonchev–Trinajstić information content (AvgIpc) is 3.18. The number of nitrogens with zero attached hydrogens (tertiary/aromatic N) is 2. The van der Waals surface area contributed by atoms with Crippen LogP contribution in [0, 0.1) is 0 Å². The van der Waals surface area contributed by atoms with Gasteiger partial charge in [-0.05, 0) is 30.3 Å². The number of esters is 1. The van der Waals surface area contributed by atoms with Crippen molar-refractivity contribution < 1.29 is 19.1 Å². The van der Waals surface area contributed by atoms with Gasteiger partial charge in [0, 0.05) is 0 Å². The Kier molecular flexibility index (Phi) is 5.22. The molecule has 3 aromatic rings. The van der Waals surface area contributed by atoms with Crippen LogP contribution in [0.2, 0.25) is 4.34 Å². The van der Waals surface area contributed by atoms with E-state index in [9.17, 15) is 9.59 Å². The number of ether oxygens (including phenoxy) is 2. The molecule has 130 valence electrons. The Balaban J connectivity index is 2.14. The Morgan fingerprint density at radius 3 is 2.64 bits per heavy atom. The zero-order chi connectivity index (χ0) is 18.0. The second-order valence-corrected chi connectivity index (χ2v) is 7.63. The highest BCUT2D eigenvalue weighted by Gasteiger charge is 2.14. The number of methoxy groups -OCH3 is 2. The van der Waals surface area contributed by atoms with Gasteiger partial charge in [0.1, 0.15) is 12.3 Å². The van der Waals surface area contributed by atoms with Gasteiger partial charge in [-0.15, -0.1) is 11.3 Å². The molecular formula is C16H13ClN2O4S2. The maximum Gasteiger partial charge on any atom is 0.325 e. The van der Waals surface area contributed by atoms with Crippen molar-refractivity contribution in [3.63, 3.8) is 0 Å². The Morgan fingerprint density at radius 2 is 2.00 bits per heavy atom. The summed E-state index contributed by atoms with van der Waals surface area (Å²) in [6, 6.07) is 8.71. The van der Waals surface area contributed by atoms with Crippen molar-refractivity contribution in [2.75, 3.05) is 14.2 Å². The number of carbonyl (C=O) groups excluding carboxylic acids is 2.